The molecule has 0 spiro atoms. The lowest BCUT2D eigenvalue weighted by atomic mass is 10.2. The van der Waals surface area contributed by atoms with Gasteiger partial charge in [-0.25, -0.2) is 9.37 Å². The summed E-state index contributed by atoms with van der Waals surface area (Å²) < 4.78 is 31.9. The third kappa shape index (κ3) is 4.87. The minimum absolute atomic E-state index is 0.245. The van der Waals surface area contributed by atoms with E-state index in [1.165, 1.54) is 16.8 Å². The maximum Gasteiger partial charge on any atom is 0.282 e. The van der Waals surface area contributed by atoms with Crippen molar-refractivity contribution in [3.05, 3.63) is 124 Å². The van der Waals surface area contributed by atoms with Gasteiger partial charge in [0.15, 0.2) is 5.76 Å². The molecule has 0 aliphatic rings. The van der Waals surface area contributed by atoms with E-state index in [9.17, 15) is 9.18 Å². The SMILES string of the molecule is COc1cccc2oc(-c3nc4ccccc4c(=O)n3N=Cc3ccc(OCc4cccc(F)c4)cc3)cc12. The topological polar surface area (TPSA) is 78.9 Å². The second kappa shape index (κ2) is 10.3. The Labute approximate surface area is 222 Å². The monoisotopic (exact) mass is 519 g/mol. The highest BCUT2D eigenvalue weighted by molar-refractivity contribution is 5.88. The number of ether oxygens (including phenoxy) is 2. The first kappa shape index (κ1) is 24.1. The summed E-state index contributed by atoms with van der Waals surface area (Å²) in [6.07, 6.45) is 1.57. The molecule has 192 valence electrons. The molecule has 2 heterocycles. The summed E-state index contributed by atoms with van der Waals surface area (Å²) >= 11 is 0. The minimum Gasteiger partial charge on any atom is -0.496 e. The van der Waals surface area contributed by atoms with Crippen LogP contribution in [0.3, 0.4) is 0 Å². The molecule has 7 nitrogen and oxygen atoms in total. The minimum atomic E-state index is -0.325. The van der Waals surface area contributed by atoms with Gasteiger partial charge >= 0.3 is 0 Å². The summed E-state index contributed by atoms with van der Waals surface area (Å²) in [5, 5.41) is 5.69. The summed E-state index contributed by atoms with van der Waals surface area (Å²) in [5.41, 5.74) is 2.30. The number of hydrogen-bond donors (Lipinski definition) is 0. The predicted octanol–water partition coefficient (Wildman–Crippen LogP) is 6.42. The highest BCUT2D eigenvalue weighted by atomic mass is 19.1. The van der Waals surface area contributed by atoms with Gasteiger partial charge in [0, 0.05) is 0 Å². The van der Waals surface area contributed by atoms with E-state index >= 15 is 0 Å². The van der Waals surface area contributed by atoms with Crippen LogP contribution in [0.2, 0.25) is 0 Å². The van der Waals surface area contributed by atoms with Crippen LogP contribution in [0.5, 0.6) is 11.5 Å². The molecule has 0 N–H and O–H groups in total. The van der Waals surface area contributed by atoms with E-state index in [-0.39, 0.29) is 23.8 Å². The molecule has 6 rings (SSSR count). The molecule has 0 bridgehead atoms. The Hall–Kier alpha value is -5.24. The van der Waals surface area contributed by atoms with Crippen LogP contribution in [-0.2, 0) is 6.61 Å². The Bertz CT molecular complexity index is 1890. The number of furan rings is 1. The number of fused-ring (bicyclic) bond motifs is 2. The Morgan fingerprint density at radius 3 is 2.59 bits per heavy atom. The van der Waals surface area contributed by atoms with Gasteiger partial charge in [-0.3, -0.25) is 4.79 Å². The fourth-order valence-electron chi connectivity index (χ4n) is 4.28. The molecular weight excluding hydrogens is 497 g/mol. The van der Waals surface area contributed by atoms with Crippen molar-refractivity contribution in [1.82, 2.24) is 9.66 Å². The molecule has 0 amide bonds. The fraction of sp³-hybridized carbons (Fsp3) is 0.0645. The molecule has 0 unspecified atom stereocenters. The molecule has 0 aliphatic carbocycles. The van der Waals surface area contributed by atoms with Crippen LogP contribution in [0.25, 0.3) is 33.5 Å². The van der Waals surface area contributed by atoms with Gasteiger partial charge in [-0.1, -0.05) is 30.3 Å². The first-order valence-corrected chi connectivity index (χ1v) is 12.2. The van der Waals surface area contributed by atoms with E-state index in [2.05, 4.69) is 5.10 Å². The maximum absolute atomic E-state index is 13.5. The molecule has 4 aromatic carbocycles. The lowest BCUT2D eigenvalue weighted by Crippen LogP contribution is -2.20. The molecule has 6 aromatic rings. The zero-order chi connectivity index (χ0) is 26.8. The molecule has 39 heavy (non-hydrogen) atoms. The lowest BCUT2D eigenvalue weighted by Gasteiger charge is -2.08. The molecule has 0 fully saturated rings. The van der Waals surface area contributed by atoms with Crippen LogP contribution in [0.15, 0.2) is 111 Å². The molecule has 8 heteroatoms. The number of benzene rings is 4. The molecule has 0 saturated heterocycles. The molecular formula is C31H22FN3O4. The number of rotatable bonds is 7. The third-order valence-corrected chi connectivity index (χ3v) is 6.21. The van der Waals surface area contributed by atoms with E-state index in [0.29, 0.717) is 33.7 Å². The number of methoxy groups -OCH3 is 1. The van der Waals surface area contributed by atoms with Gasteiger partial charge in [-0.15, -0.1) is 0 Å². The Morgan fingerprint density at radius 2 is 1.77 bits per heavy atom. The van der Waals surface area contributed by atoms with Crippen molar-refractivity contribution in [2.45, 2.75) is 6.61 Å². The van der Waals surface area contributed by atoms with Crippen LogP contribution in [0.1, 0.15) is 11.1 Å². The van der Waals surface area contributed by atoms with Crippen molar-refractivity contribution >= 4 is 28.1 Å². The third-order valence-electron chi connectivity index (χ3n) is 6.21. The van der Waals surface area contributed by atoms with Crippen LogP contribution in [-0.4, -0.2) is 23.0 Å². The van der Waals surface area contributed by atoms with Crippen molar-refractivity contribution in [1.29, 1.82) is 0 Å². The number of aromatic nitrogens is 2. The van der Waals surface area contributed by atoms with Crippen LogP contribution in [0.4, 0.5) is 4.39 Å². The maximum atomic E-state index is 13.5. The van der Waals surface area contributed by atoms with Crippen molar-refractivity contribution < 1.29 is 18.3 Å². The van der Waals surface area contributed by atoms with Gasteiger partial charge in [0.1, 0.15) is 29.5 Å². The highest BCUT2D eigenvalue weighted by Gasteiger charge is 2.17. The first-order chi connectivity index (χ1) is 19.1. The predicted molar refractivity (Wildman–Crippen MR) is 148 cm³/mol. The van der Waals surface area contributed by atoms with Crippen LogP contribution >= 0.6 is 0 Å². The smallest absolute Gasteiger partial charge is 0.282 e. The van der Waals surface area contributed by atoms with E-state index in [0.717, 1.165) is 16.5 Å². The molecule has 0 aliphatic heterocycles. The quantitative estimate of drug-likeness (QED) is 0.228. The van der Waals surface area contributed by atoms with Gasteiger partial charge in [0.2, 0.25) is 5.82 Å². The van der Waals surface area contributed by atoms with Crippen molar-refractivity contribution in [2.24, 2.45) is 5.10 Å². The van der Waals surface area contributed by atoms with Crippen molar-refractivity contribution in [3.63, 3.8) is 0 Å². The molecule has 0 saturated carbocycles. The summed E-state index contributed by atoms with van der Waals surface area (Å²) in [5.74, 6) is 1.62. The normalized spacial score (nSPS) is 11.4. The second-order valence-electron chi connectivity index (χ2n) is 8.78. The van der Waals surface area contributed by atoms with Crippen molar-refractivity contribution in [3.8, 4) is 23.1 Å². The van der Waals surface area contributed by atoms with E-state index < -0.39 is 0 Å². The van der Waals surface area contributed by atoms with Crippen molar-refractivity contribution in [2.75, 3.05) is 7.11 Å². The Morgan fingerprint density at radius 1 is 0.949 bits per heavy atom. The highest BCUT2D eigenvalue weighted by Crippen LogP contribution is 2.32. The summed E-state index contributed by atoms with van der Waals surface area (Å²) in [6.45, 7) is 0.245. The average molecular weight is 520 g/mol. The van der Waals surface area contributed by atoms with Crippen LogP contribution < -0.4 is 15.0 Å². The van der Waals surface area contributed by atoms with E-state index in [4.69, 9.17) is 18.9 Å². The zero-order valence-corrected chi connectivity index (χ0v) is 20.9. The Kier molecular flexibility index (Phi) is 6.34. The number of nitrogens with zero attached hydrogens (tertiary/aromatic N) is 3. The summed E-state index contributed by atoms with van der Waals surface area (Å²) in [4.78, 5) is 18.2. The van der Waals surface area contributed by atoms with Gasteiger partial charge in [-0.05, 0) is 77.9 Å². The van der Waals surface area contributed by atoms with Gasteiger partial charge in [0.25, 0.3) is 5.56 Å². The van der Waals surface area contributed by atoms with Crippen LogP contribution in [0, 0.1) is 5.82 Å². The number of halogens is 1. The van der Waals surface area contributed by atoms with Gasteiger partial charge in [0.05, 0.1) is 29.6 Å². The Balaban J connectivity index is 1.34. The average Bonchev–Trinajstić information content (AvgIpc) is 3.41. The summed E-state index contributed by atoms with van der Waals surface area (Å²) in [6, 6.07) is 27.9. The lowest BCUT2D eigenvalue weighted by molar-refractivity contribution is 0.305. The molecule has 0 radical (unpaired) electrons. The van der Waals surface area contributed by atoms with E-state index in [1.807, 2.05) is 36.4 Å². The second-order valence-corrected chi connectivity index (χ2v) is 8.78. The van der Waals surface area contributed by atoms with Gasteiger partial charge < -0.3 is 13.9 Å². The summed E-state index contributed by atoms with van der Waals surface area (Å²) in [7, 11) is 1.59. The van der Waals surface area contributed by atoms with E-state index in [1.54, 1.807) is 61.9 Å². The first-order valence-electron chi connectivity index (χ1n) is 12.2. The largest absolute Gasteiger partial charge is 0.496 e. The zero-order valence-electron chi connectivity index (χ0n) is 20.9. The number of hydrogen-bond acceptors (Lipinski definition) is 6. The number of para-hydroxylation sites is 1. The molecule has 0 atom stereocenters. The molecule has 2 aromatic heterocycles. The fourth-order valence-corrected chi connectivity index (χ4v) is 4.28. The van der Waals surface area contributed by atoms with Gasteiger partial charge in [-0.2, -0.15) is 9.78 Å². The standard InChI is InChI=1S/C31H22FN3O4/c1-37-27-10-5-11-28-25(27)17-29(39-28)30-34-26-9-3-2-8-24(26)31(36)35(30)33-18-20-12-14-23(15-13-20)38-19-21-6-4-7-22(32)16-21/h2-18H,19H2,1H3.